The molecule has 0 aromatic carbocycles. The fraction of sp³-hybridized carbons (Fsp3) is 0.643. The van der Waals surface area contributed by atoms with E-state index in [2.05, 4.69) is 41.6 Å². The fourth-order valence-corrected chi connectivity index (χ4v) is 2.10. The summed E-state index contributed by atoms with van der Waals surface area (Å²) in [4.78, 5) is 25.0. The van der Waals surface area contributed by atoms with Crippen molar-refractivity contribution < 1.29 is 9.59 Å². The van der Waals surface area contributed by atoms with Gasteiger partial charge in [0.2, 0.25) is 5.91 Å². The molecule has 1 aromatic heterocycles. The Hall–Kier alpha value is -2.05. The SMILES string of the molecule is CC(C)(C)c1cc(CNC(=O)N2CCCNC(=O)C2)[nH]n1. The van der Waals surface area contributed by atoms with Crippen LogP contribution in [0.1, 0.15) is 38.6 Å². The second-order valence-electron chi connectivity index (χ2n) is 6.31. The molecule has 0 radical (unpaired) electrons. The molecule has 2 rings (SSSR count). The highest BCUT2D eigenvalue weighted by Gasteiger charge is 2.20. The number of nitrogens with one attached hydrogen (secondary N) is 3. The molecule has 2 heterocycles. The largest absolute Gasteiger partial charge is 0.354 e. The molecule has 0 saturated carbocycles. The van der Waals surface area contributed by atoms with Crippen LogP contribution in [0.5, 0.6) is 0 Å². The lowest BCUT2D eigenvalue weighted by Gasteiger charge is -2.19. The first-order valence-corrected chi connectivity index (χ1v) is 7.20. The van der Waals surface area contributed by atoms with Crippen LogP contribution in [0.15, 0.2) is 6.07 Å². The quantitative estimate of drug-likeness (QED) is 0.751. The molecule has 0 aliphatic carbocycles. The van der Waals surface area contributed by atoms with Gasteiger partial charge in [-0.2, -0.15) is 5.10 Å². The summed E-state index contributed by atoms with van der Waals surface area (Å²) in [6, 6.07) is 1.73. The Balaban J connectivity index is 1.88. The highest BCUT2D eigenvalue weighted by molar-refractivity contribution is 5.84. The maximum Gasteiger partial charge on any atom is 0.318 e. The Morgan fingerprint density at radius 1 is 1.48 bits per heavy atom. The molecule has 0 spiro atoms. The van der Waals surface area contributed by atoms with Crippen molar-refractivity contribution in [3.8, 4) is 0 Å². The Morgan fingerprint density at radius 3 is 2.90 bits per heavy atom. The lowest BCUT2D eigenvalue weighted by molar-refractivity contribution is -0.121. The van der Waals surface area contributed by atoms with Crippen LogP contribution in [0.4, 0.5) is 4.79 Å². The van der Waals surface area contributed by atoms with Crippen molar-refractivity contribution in [2.45, 2.75) is 39.2 Å². The van der Waals surface area contributed by atoms with Crippen LogP contribution in [0, 0.1) is 0 Å². The van der Waals surface area contributed by atoms with Crippen molar-refractivity contribution in [2.75, 3.05) is 19.6 Å². The van der Waals surface area contributed by atoms with E-state index in [1.807, 2.05) is 6.07 Å². The molecule has 0 unspecified atom stereocenters. The summed E-state index contributed by atoms with van der Waals surface area (Å²) in [5.41, 5.74) is 1.79. The number of aromatic amines is 1. The third-order valence-corrected chi connectivity index (χ3v) is 3.38. The van der Waals surface area contributed by atoms with Gasteiger partial charge in [0.15, 0.2) is 0 Å². The lowest BCUT2D eigenvalue weighted by atomic mass is 9.92. The van der Waals surface area contributed by atoms with Crippen LogP contribution in [0.3, 0.4) is 0 Å². The predicted molar refractivity (Wildman–Crippen MR) is 78.7 cm³/mol. The number of hydrogen-bond donors (Lipinski definition) is 3. The van der Waals surface area contributed by atoms with E-state index in [4.69, 9.17) is 0 Å². The number of amides is 3. The van der Waals surface area contributed by atoms with Gasteiger partial charge in [-0.15, -0.1) is 0 Å². The topological polar surface area (TPSA) is 90.1 Å². The normalized spacial score (nSPS) is 16.3. The molecule has 21 heavy (non-hydrogen) atoms. The summed E-state index contributed by atoms with van der Waals surface area (Å²) in [7, 11) is 0. The number of urea groups is 1. The van der Waals surface area contributed by atoms with Gasteiger partial charge in [-0.25, -0.2) is 4.79 Å². The minimum absolute atomic E-state index is 0.0262. The Kier molecular flexibility index (Phi) is 4.50. The monoisotopic (exact) mass is 293 g/mol. The molecule has 7 nitrogen and oxygen atoms in total. The molecule has 0 atom stereocenters. The smallest absolute Gasteiger partial charge is 0.318 e. The molecule has 1 aliphatic rings. The van der Waals surface area contributed by atoms with Crippen LogP contribution >= 0.6 is 0 Å². The first kappa shape index (κ1) is 15.3. The van der Waals surface area contributed by atoms with Crippen molar-refractivity contribution in [1.82, 2.24) is 25.7 Å². The van der Waals surface area contributed by atoms with Gasteiger partial charge >= 0.3 is 6.03 Å². The van der Waals surface area contributed by atoms with Crippen molar-refractivity contribution in [1.29, 1.82) is 0 Å². The molecule has 116 valence electrons. The van der Waals surface area contributed by atoms with Gasteiger partial charge in [0, 0.05) is 18.5 Å². The van der Waals surface area contributed by atoms with Crippen LogP contribution in [0.25, 0.3) is 0 Å². The highest BCUT2D eigenvalue weighted by atomic mass is 16.2. The predicted octanol–water partition coefficient (Wildman–Crippen LogP) is 0.739. The van der Waals surface area contributed by atoms with Gasteiger partial charge in [-0.05, 0) is 12.5 Å². The number of aromatic nitrogens is 2. The van der Waals surface area contributed by atoms with E-state index in [1.165, 1.54) is 4.90 Å². The number of rotatable bonds is 2. The molecule has 7 heteroatoms. The minimum Gasteiger partial charge on any atom is -0.354 e. The second-order valence-corrected chi connectivity index (χ2v) is 6.31. The van der Waals surface area contributed by atoms with Gasteiger partial charge in [-0.1, -0.05) is 20.8 Å². The van der Waals surface area contributed by atoms with Gasteiger partial charge in [0.05, 0.1) is 17.9 Å². The van der Waals surface area contributed by atoms with Crippen LogP contribution in [-0.4, -0.2) is 46.7 Å². The number of carbonyl (C=O) groups excluding carboxylic acids is 2. The van der Waals surface area contributed by atoms with Crippen LogP contribution < -0.4 is 10.6 Å². The van der Waals surface area contributed by atoms with Gasteiger partial charge in [0.1, 0.15) is 6.54 Å². The summed E-state index contributed by atoms with van der Waals surface area (Å²) < 4.78 is 0. The molecule has 1 aliphatic heterocycles. The maximum absolute atomic E-state index is 12.1. The third-order valence-electron chi connectivity index (χ3n) is 3.38. The molecule has 3 amide bonds. The van der Waals surface area contributed by atoms with Gasteiger partial charge < -0.3 is 15.5 Å². The first-order valence-electron chi connectivity index (χ1n) is 7.20. The molecule has 1 aromatic rings. The zero-order valence-corrected chi connectivity index (χ0v) is 12.8. The van der Waals surface area contributed by atoms with Gasteiger partial charge in [-0.3, -0.25) is 9.89 Å². The molecular formula is C14H23N5O2. The Morgan fingerprint density at radius 2 is 2.24 bits per heavy atom. The average Bonchev–Trinajstić information content (AvgIpc) is 2.78. The number of hydrogen-bond acceptors (Lipinski definition) is 3. The number of carbonyl (C=O) groups is 2. The van der Waals surface area contributed by atoms with E-state index >= 15 is 0 Å². The third kappa shape index (κ3) is 4.21. The van der Waals surface area contributed by atoms with E-state index in [-0.39, 0.29) is 23.9 Å². The lowest BCUT2D eigenvalue weighted by Crippen LogP contribution is -2.43. The fourth-order valence-electron chi connectivity index (χ4n) is 2.10. The van der Waals surface area contributed by atoms with E-state index in [9.17, 15) is 9.59 Å². The average molecular weight is 293 g/mol. The summed E-state index contributed by atoms with van der Waals surface area (Å²) in [5, 5.41) is 12.7. The zero-order valence-electron chi connectivity index (χ0n) is 12.8. The summed E-state index contributed by atoms with van der Waals surface area (Å²) in [6.07, 6.45) is 0.775. The summed E-state index contributed by atoms with van der Waals surface area (Å²) in [6.45, 7) is 7.95. The zero-order chi connectivity index (χ0) is 15.5. The van der Waals surface area contributed by atoms with E-state index in [0.717, 1.165) is 17.8 Å². The van der Waals surface area contributed by atoms with Crippen molar-refractivity contribution >= 4 is 11.9 Å². The van der Waals surface area contributed by atoms with Crippen molar-refractivity contribution in [2.24, 2.45) is 0 Å². The highest BCUT2D eigenvalue weighted by Crippen LogP contribution is 2.20. The molecule has 3 N–H and O–H groups in total. The van der Waals surface area contributed by atoms with Crippen molar-refractivity contribution in [3.63, 3.8) is 0 Å². The van der Waals surface area contributed by atoms with Crippen LogP contribution in [-0.2, 0) is 16.8 Å². The standard InChI is InChI=1S/C14H23N5O2/c1-14(2,3)11-7-10(17-18-11)8-16-13(21)19-6-4-5-15-12(20)9-19/h7H,4-6,8-9H2,1-3H3,(H,15,20)(H,16,21)(H,17,18). The van der Waals surface area contributed by atoms with E-state index in [1.54, 1.807) is 0 Å². The summed E-state index contributed by atoms with van der Waals surface area (Å²) >= 11 is 0. The molecule has 0 bridgehead atoms. The van der Waals surface area contributed by atoms with Crippen molar-refractivity contribution in [3.05, 3.63) is 17.5 Å². The second kappa shape index (κ2) is 6.15. The van der Waals surface area contributed by atoms with E-state index < -0.39 is 0 Å². The Bertz CT molecular complexity index is 518. The molecule has 1 saturated heterocycles. The van der Waals surface area contributed by atoms with Gasteiger partial charge in [0.25, 0.3) is 0 Å². The molecule has 1 fully saturated rings. The summed E-state index contributed by atoms with van der Waals surface area (Å²) in [5.74, 6) is -0.112. The molecular weight excluding hydrogens is 270 g/mol. The first-order chi connectivity index (χ1) is 9.86. The van der Waals surface area contributed by atoms with Crippen LogP contribution in [0.2, 0.25) is 0 Å². The Labute approximate surface area is 124 Å². The number of H-pyrrole nitrogens is 1. The van der Waals surface area contributed by atoms with E-state index in [0.29, 0.717) is 19.6 Å². The minimum atomic E-state index is -0.223. The number of nitrogens with zero attached hydrogens (tertiary/aromatic N) is 2. The maximum atomic E-state index is 12.1.